The van der Waals surface area contributed by atoms with E-state index >= 15 is 0 Å². The number of hydrogen-bond donors (Lipinski definition) is 2. The molecule has 0 amide bonds. The molecule has 5 nitrogen and oxygen atoms in total. The number of carbonyl (C=O) groups is 2. The number of aliphatic hydroxyl groups is 2. The molecule has 0 aliphatic heterocycles. The molecule has 25 aliphatic carbocycles. The van der Waals surface area contributed by atoms with Crippen molar-refractivity contribution < 1.29 is 24.5 Å². The van der Waals surface area contributed by atoms with Gasteiger partial charge < -0.3 is 19.7 Å². The Morgan fingerprint density at radius 3 is 1.58 bits per heavy atom. The third-order valence-electron chi connectivity index (χ3n) is 41.6. The Bertz CT molecular complexity index is 3550. The minimum atomic E-state index is -0.294. The third kappa shape index (κ3) is 18.2. The van der Waals surface area contributed by atoms with Crippen LogP contribution in [0.15, 0.2) is 97.2 Å². The van der Waals surface area contributed by atoms with Gasteiger partial charge in [0.2, 0.25) is 0 Å². The lowest BCUT2D eigenvalue weighted by Crippen LogP contribution is -2.57. The summed E-state index contributed by atoms with van der Waals surface area (Å²) in [6.07, 6.45) is 91.5. The van der Waals surface area contributed by atoms with Crippen molar-refractivity contribution in [3.63, 3.8) is 0 Å². The molecule has 118 heavy (non-hydrogen) atoms. The molecule has 0 saturated heterocycles. The van der Waals surface area contributed by atoms with Gasteiger partial charge in [-0.2, -0.15) is 0 Å². The zero-order chi connectivity index (χ0) is 83.4. The van der Waals surface area contributed by atoms with Gasteiger partial charge in [0.05, 0.1) is 18.1 Å². The summed E-state index contributed by atoms with van der Waals surface area (Å²) in [6.45, 7) is 38.8. The Balaban J connectivity index is 0.000000106. The van der Waals surface area contributed by atoms with Crippen LogP contribution < -0.4 is 0 Å². The van der Waals surface area contributed by atoms with Crippen molar-refractivity contribution >= 4 is 12.3 Å². The fourth-order valence-electron chi connectivity index (χ4n) is 35.2. The number of rotatable bonds is 14. The number of fused-ring (bicyclic) bond motifs is 8. The normalized spacial score (nSPS) is 49.8. The van der Waals surface area contributed by atoms with Crippen LogP contribution in [0, 0.1) is 185 Å². The molecular formula is C113H178O5. The predicted octanol–water partition coefficient (Wildman–Crippen LogP) is 30.1. The molecule has 0 aromatic heterocycles. The first kappa shape index (κ1) is 89.8. The quantitative estimate of drug-likeness (QED) is 0.103. The van der Waals surface area contributed by atoms with Crippen molar-refractivity contribution in [2.24, 2.45) is 185 Å². The van der Waals surface area contributed by atoms with E-state index in [0.717, 1.165) is 170 Å². The van der Waals surface area contributed by atoms with Gasteiger partial charge >= 0.3 is 5.97 Å². The first-order valence-corrected chi connectivity index (χ1v) is 51.6. The van der Waals surface area contributed by atoms with Crippen LogP contribution in [0.25, 0.3) is 0 Å². The second kappa shape index (κ2) is 36.4. The molecule has 23 fully saturated rings. The summed E-state index contributed by atoms with van der Waals surface area (Å²) in [6, 6.07) is 0. The Morgan fingerprint density at radius 1 is 0.492 bits per heavy atom. The number of aldehydes is 1. The minimum Gasteiger partial charge on any atom is -0.469 e. The minimum absolute atomic E-state index is 0.0634. The lowest BCUT2D eigenvalue weighted by Gasteiger charge is -2.62. The lowest BCUT2D eigenvalue weighted by molar-refractivity contribution is -0.180. The number of allylic oxidation sites excluding steroid dienone is 13. The zero-order valence-corrected chi connectivity index (χ0v) is 78.2. The Kier molecular flexibility index (Phi) is 27.7. The largest absolute Gasteiger partial charge is 0.469 e. The summed E-state index contributed by atoms with van der Waals surface area (Å²) < 4.78 is 5.13. The molecule has 0 aromatic rings. The maximum absolute atomic E-state index is 12.3. The molecule has 25 aliphatic rings. The van der Waals surface area contributed by atoms with E-state index in [1.807, 2.05) is 5.57 Å². The highest BCUT2D eigenvalue weighted by molar-refractivity contribution is 5.77. The Morgan fingerprint density at radius 2 is 1.08 bits per heavy atom. The molecule has 2 N–H and O–H groups in total. The van der Waals surface area contributed by atoms with Crippen LogP contribution in [0.5, 0.6) is 0 Å². The van der Waals surface area contributed by atoms with Crippen LogP contribution in [0.1, 0.15) is 391 Å². The van der Waals surface area contributed by atoms with Crippen molar-refractivity contribution in [2.75, 3.05) is 13.7 Å². The van der Waals surface area contributed by atoms with Gasteiger partial charge in [0, 0.05) is 13.0 Å². The average Bonchev–Trinajstić information content (AvgIpc) is 1.11. The molecule has 23 saturated carbocycles. The van der Waals surface area contributed by atoms with Gasteiger partial charge in [-0.25, -0.2) is 0 Å². The third-order valence-corrected chi connectivity index (χ3v) is 41.6. The maximum Gasteiger partial charge on any atom is 0.311 e. The van der Waals surface area contributed by atoms with Crippen molar-refractivity contribution in [3.8, 4) is 0 Å². The monoisotopic (exact) mass is 1620 g/mol. The highest BCUT2D eigenvalue weighted by atomic mass is 16.5. The first-order chi connectivity index (χ1) is 56.4. The Hall–Kier alpha value is -3.02. The van der Waals surface area contributed by atoms with Crippen molar-refractivity contribution in [1.29, 1.82) is 0 Å². The van der Waals surface area contributed by atoms with Gasteiger partial charge in [-0.1, -0.05) is 186 Å². The van der Waals surface area contributed by atoms with Crippen LogP contribution in [0.4, 0.5) is 0 Å². The summed E-state index contributed by atoms with van der Waals surface area (Å²) in [5.74, 6) is 20.9. The van der Waals surface area contributed by atoms with Crippen LogP contribution in [-0.2, 0) is 14.3 Å². The average molecular weight is 1620 g/mol. The number of ether oxygens (including phenoxy) is 1. The molecule has 22 unspecified atom stereocenters. The number of carbonyl (C=O) groups excluding carboxylic acids is 2. The van der Waals surface area contributed by atoms with Crippen LogP contribution in [0.3, 0.4) is 0 Å². The van der Waals surface area contributed by atoms with Gasteiger partial charge in [0.15, 0.2) is 0 Å². The SMILES string of the molecule is C=CC1(C)C2CC3CC(C2)C(CO)C1C3.C=CC1(C)CC2CCC1C2.C=CC1(C)CC2CCCC2C1.CC/C=C/C1(C)CC2CCC1C2.CC/C=C\C1(C)C2CC3CC1CC(C(=O)OC)(C3)C2.CC1(C2=CCCCC2)CC2(O)CCC1C2.CC1(C=C2CCCC2)CC2CC(CC=O)CC2C1.CC1CC=C(C2(C)C3CC4CC(C3)CC2C4)CC1. The number of aliphatic hydroxyl groups excluding tert-OH is 1. The van der Waals surface area contributed by atoms with E-state index in [4.69, 9.17) is 4.74 Å². The molecule has 25 rings (SSSR count). The highest BCUT2D eigenvalue weighted by Crippen LogP contribution is 2.71. The topological polar surface area (TPSA) is 83.8 Å². The van der Waals surface area contributed by atoms with Gasteiger partial charge in [-0.05, 0) is 456 Å². The summed E-state index contributed by atoms with van der Waals surface area (Å²) in [5, 5.41) is 20.0. The summed E-state index contributed by atoms with van der Waals surface area (Å²) in [7, 11) is 1.55. The maximum atomic E-state index is 12.3. The van der Waals surface area contributed by atoms with Gasteiger partial charge in [-0.3, -0.25) is 4.79 Å². The van der Waals surface area contributed by atoms with E-state index in [2.05, 4.69) is 157 Å². The van der Waals surface area contributed by atoms with Crippen molar-refractivity contribution in [2.45, 2.75) is 396 Å². The van der Waals surface area contributed by atoms with Crippen molar-refractivity contribution in [3.05, 3.63) is 97.2 Å². The molecule has 22 atom stereocenters. The molecule has 0 aromatic carbocycles. The summed E-state index contributed by atoms with van der Waals surface area (Å²) >= 11 is 0. The van der Waals surface area contributed by atoms with Crippen molar-refractivity contribution in [1.82, 2.24) is 0 Å². The van der Waals surface area contributed by atoms with E-state index in [0.29, 0.717) is 73.6 Å². The number of methoxy groups -OCH3 is 1. The summed E-state index contributed by atoms with van der Waals surface area (Å²) in [4.78, 5) is 22.9. The van der Waals surface area contributed by atoms with Crippen LogP contribution in [-0.4, -0.2) is 41.8 Å². The van der Waals surface area contributed by atoms with Crippen LogP contribution >= 0.6 is 0 Å². The van der Waals surface area contributed by atoms with Gasteiger partial charge in [-0.15, -0.1) is 19.7 Å². The molecule has 660 valence electrons. The van der Waals surface area contributed by atoms with Crippen LogP contribution in [0.2, 0.25) is 0 Å². The predicted molar refractivity (Wildman–Crippen MR) is 494 cm³/mol. The molecule has 0 spiro atoms. The molecular weight excluding hydrogens is 1440 g/mol. The summed E-state index contributed by atoms with van der Waals surface area (Å²) in [5.41, 5.74) is 8.57. The standard InChI is InChI=1S/C18H28.C17H26O2.C17H26O.2C14H22O.C12H20.C11H18.C10H16/c1-12-3-5-15(6-4-12)18(2)16-8-13-7-14(10-16)11-17(18)9-13;1-4-5-6-16(2)13-7-12-8-14(16)11-17(9-12,10-13)15(18)19-3;1-17(10-13-4-2-3-5-13)11-15-8-14(6-7-18)9-16(15)12-17;1-13(11-5-3-2-4-6-11)10-14(15)8-7-12(13)9-14;1-3-14(2)11-5-9-4-10(7-11)12(8-15)13(14)6-9;1-3-4-7-12(2)9-10-5-6-11(12)8-10;1-3-11(2)7-9-5-4-6-10(9)8-11;1-3-10(2)7-8-4-5-9(10)6-8/h5,12-14,16-17H,3-4,6-11H2,1-2H3;5-6,12-14H,4,7-11H2,1-3H3;7,10,14-16H,2-6,8-9,11-12H2,1H3;5,12,15H,2-4,6-10H2,1H3;3,9-13,15H,1,4-8H2,2H3;4,7,10-11H,3,5-6,8-9H2,1-2H3;3,9-10H,1,4-8H2,2H3;3,8-9H,1,4-7H2,2H3/b;6-5-;;;;7-4+;;. The lowest BCUT2D eigenvalue weighted by atomic mass is 9.41. The van der Waals surface area contributed by atoms with E-state index in [9.17, 15) is 19.8 Å². The fourth-order valence-corrected chi connectivity index (χ4v) is 35.2. The first-order valence-electron chi connectivity index (χ1n) is 51.6. The van der Waals surface area contributed by atoms with Gasteiger partial charge in [0.25, 0.3) is 0 Å². The molecule has 0 radical (unpaired) electrons. The molecule has 5 heteroatoms. The van der Waals surface area contributed by atoms with E-state index in [1.54, 1.807) is 50.4 Å². The molecule has 0 heterocycles. The Labute approximate surface area is 724 Å². The number of hydrogen-bond acceptors (Lipinski definition) is 5. The van der Waals surface area contributed by atoms with E-state index < -0.39 is 0 Å². The van der Waals surface area contributed by atoms with E-state index in [-0.39, 0.29) is 17.0 Å². The zero-order valence-electron chi connectivity index (χ0n) is 78.2. The smallest absolute Gasteiger partial charge is 0.311 e. The second-order valence-corrected chi connectivity index (χ2v) is 49.2. The van der Waals surface area contributed by atoms with E-state index in [1.165, 1.54) is 231 Å². The fraction of sp³-hybridized carbons (Fsp3) is 0.841. The highest BCUT2D eigenvalue weighted by Gasteiger charge is 2.64. The second-order valence-electron chi connectivity index (χ2n) is 49.2. The number of esters is 1. The van der Waals surface area contributed by atoms with Gasteiger partial charge in [0.1, 0.15) is 6.29 Å². The molecule has 18 bridgehead atoms.